The summed E-state index contributed by atoms with van der Waals surface area (Å²) in [6.07, 6.45) is 2.17. The Bertz CT molecular complexity index is 2750. The standard InChI is InChI=1S/C41H26N4/c1-3-11-29(12-4-1)44-36-17-9-7-15-31(36)33-23-27(19-20-38(33)44)28-21-22-43-40-25-34-32-16-8-10-18-37(32)45(30-13-5-2-6-14-30)39(34)26-35(40)42-41(43)24-28/h1-26H. The van der Waals surface area contributed by atoms with Gasteiger partial charge in [0.05, 0.1) is 33.1 Å². The summed E-state index contributed by atoms with van der Waals surface area (Å²) < 4.78 is 6.92. The lowest BCUT2D eigenvalue weighted by molar-refractivity contribution is 1.18. The molecule has 0 N–H and O–H groups in total. The first-order valence-corrected chi connectivity index (χ1v) is 15.3. The quantitative estimate of drug-likeness (QED) is 0.206. The van der Waals surface area contributed by atoms with Gasteiger partial charge in [-0.15, -0.1) is 0 Å². The van der Waals surface area contributed by atoms with Crippen LogP contribution in [0.1, 0.15) is 0 Å². The van der Waals surface area contributed by atoms with Gasteiger partial charge in [0.15, 0.2) is 0 Å². The van der Waals surface area contributed by atoms with Crippen molar-refractivity contribution in [2.75, 3.05) is 0 Å². The van der Waals surface area contributed by atoms with Gasteiger partial charge in [0.1, 0.15) is 5.65 Å². The first-order chi connectivity index (χ1) is 22.3. The van der Waals surface area contributed by atoms with E-state index in [1.807, 2.05) is 0 Å². The van der Waals surface area contributed by atoms with Gasteiger partial charge < -0.3 is 9.13 Å². The second-order valence-electron chi connectivity index (χ2n) is 11.7. The number of fused-ring (bicyclic) bond motifs is 9. The van der Waals surface area contributed by atoms with Gasteiger partial charge in [0.2, 0.25) is 0 Å². The van der Waals surface area contributed by atoms with Crippen molar-refractivity contribution in [3.05, 3.63) is 158 Å². The van der Waals surface area contributed by atoms with Crippen LogP contribution < -0.4 is 0 Å². The average Bonchev–Trinajstić information content (AvgIpc) is 3.74. The lowest BCUT2D eigenvalue weighted by Crippen LogP contribution is -1.93. The Balaban J connectivity index is 1.16. The summed E-state index contributed by atoms with van der Waals surface area (Å²) in [5.41, 5.74) is 12.5. The summed E-state index contributed by atoms with van der Waals surface area (Å²) in [7, 11) is 0. The molecule has 0 unspecified atom stereocenters. The zero-order chi connectivity index (χ0) is 29.5. The minimum Gasteiger partial charge on any atom is -0.309 e. The fourth-order valence-electron chi connectivity index (χ4n) is 7.22. The maximum absolute atomic E-state index is 5.16. The second kappa shape index (κ2) is 9.18. The van der Waals surface area contributed by atoms with Gasteiger partial charge in [0, 0.05) is 39.1 Å². The lowest BCUT2D eigenvalue weighted by Gasteiger charge is -2.08. The van der Waals surface area contributed by atoms with Crippen LogP contribution in [0.2, 0.25) is 0 Å². The summed E-state index contributed by atoms with van der Waals surface area (Å²) >= 11 is 0. The number of benzene rings is 6. The Kier molecular flexibility index (Phi) is 4.96. The van der Waals surface area contributed by atoms with Crippen LogP contribution in [0, 0.1) is 0 Å². The molecule has 45 heavy (non-hydrogen) atoms. The van der Waals surface area contributed by atoms with E-state index in [1.54, 1.807) is 0 Å². The summed E-state index contributed by atoms with van der Waals surface area (Å²) in [5.74, 6) is 0. The van der Waals surface area contributed by atoms with E-state index in [2.05, 4.69) is 171 Å². The third-order valence-electron chi connectivity index (χ3n) is 9.23. The molecule has 0 aliphatic heterocycles. The van der Waals surface area contributed by atoms with Gasteiger partial charge in [0.25, 0.3) is 0 Å². The molecule has 4 heteroatoms. The monoisotopic (exact) mass is 574 g/mol. The molecule has 10 aromatic rings. The molecule has 0 fully saturated rings. The summed E-state index contributed by atoms with van der Waals surface area (Å²) in [6, 6.07) is 54.3. The number of aromatic nitrogens is 4. The zero-order valence-corrected chi connectivity index (χ0v) is 24.3. The van der Waals surface area contributed by atoms with E-state index in [9.17, 15) is 0 Å². The number of nitrogens with zero attached hydrogens (tertiary/aromatic N) is 4. The molecule has 0 bridgehead atoms. The Morgan fingerprint density at radius 3 is 1.62 bits per heavy atom. The van der Waals surface area contributed by atoms with Gasteiger partial charge >= 0.3 is 0 Å². The number of imidazole rings is 1. The van der Waals surface area contributed by atoms with Gasteiger partial charge in [-0.3, -0.25) is 4.40 Å². The largest absolute Gasteiger partial charge is 0.309 e. The molecule has 4 nitrogen and oxygen atoms in total. The van der Waals surface area contributed by atoms with Crippen molar-refractivity contribution in [1.82, 2.24) is 18.5 Å². The van der Waals surface area contributed by atoms with Crippen molar-refractivity contribution in [3.8, 4) is 22.5 Å². The average molecular weight is 575 g/mol. The molecule has 0 saturated heterocycles. The van der Waals surface area contributed by atoms with Crippen molar-refractivity contribution in [2.45, 2.75) is 0 Å². The van der Waals surface area contributed by atoms with Crippen LogP contribution in [0.5, 0.6) is 0 Å². The first kappa shape index (κ1) is 24.3. The van der Waals surface area contributed by atoms with Crippen molar-refractivity contribution in [2.24, 2.45) is 0 Å². The smallest absolute Gasteiger partial charge is 0.138 e. The van der Waals surface area contributed by atoms with Crippen LogP contribution in [0.25, 0.3) is 82.8 Å². The van der Waals surface area contributed by atoms with Crippen LogP contribution in [0.15, 0.2) is 158 Å². The highest BCUT2D eigenvalue weighted by molar-refractivity contribution is 6.13. The van der Waals surface area contributed by atoms with E-state index in [1.165, 1.54) is 54.9 Å². The van der Waals surface area contributed by atoms with Crippen LogP contribution in [0.3, 0.4) is 0 Å². The Hall–Kier alpha value is -6.13. The van der Waals surface area contributed by atoms with Crippen molar-refractivity contribution in [1.29, 1.82) is 0 Å². The van der Waals surface area contributed by atoms with Gasteiger partial charge in [-0.1, -0.05) is 78.9 Å². The molecular weight excluding hydrogens is 548 g/mol. The molecule has 0 aliphatic carbocycles. The van der Waals surface area contributed by atoms with E-state index in [0.29, 0.717) is 0 Å². The maximum atomic E-state index is 5.16. The molecule has 4 heterocycles. The normalized spacial score (nSPS) is 12.0. The SMILES string of the molecule is c1ccc(-n2c3ccccc3c3cc(-c4ccn5c(c4)nc4cc6c(cc45)c4ccccc4n6-c4ccccc4)ccc32)cc1. The molecule has 0 amide bonds. The molecule has 0 atom stereocenters. The summed E-state index contributed by atoms with van der Waals surface area (Å²) in [5, 5.41) is 4.97. The zero-order valence-electron chi connectivity index (χ0n) is 24.3. The number of rotatable bonds is 3. The maximum Gasteiger partial charge on any atom is 0.138 e. The minimum absolute atomic E-state index is 0.942. The topological polar surface area (TPSA) is 27.2 Å². The number of para-hydroxylation sites is 4. The Morgan fingerprint density at radius 1 is 0.378 bits per heavy atom. The van der Waals surface area contributed by atoms with E-state index in [-0.39, 0.29) is 0 Å². The van der Waals surface area contributed by atoms with Crippen molar-refractivity contribution < 1.29 is 0 Å². The van der Waals surface area contributed by atoms with Gasteiger partial charge in [-0.25, -0.2) is 4.98 Å². The Morgan fingerprint density at radius 2 is 0.933 bits per heavy atom. The van der Waals surface area contributed by atoms with Crippen LogP contribution >= 0.6 is 0 Å². The molecule has 210 valence electrons. The highest BCUT2D eigenvalue weighted by Crippen LogP contribution is 2.37. The van der Waals surface area contributed by atoms with E-state index in [4.69, 9.17) is 4.98 Å². The van der Waals surface area contributed by atoms with Crippen LogP contribution in [0.4, 0.5) is 0 Å². The van der Waals surface area contributed by atoms with Crippen LogP contribution in [-0.4, -0.2) is 18.5 Å². The number of hydrogen-bond acceptors (Lipinski definition) is 1. The molecule has 0 aliphatic rings. The lowest BCUT2D eigenvalue weighted by atomic mass is 10.0. The Labute approximate surface area is 258 Å². The second-order valence-corrected chi connectivity index (χ2v) is 11.7. The molecule has 10 rings (SSSR count). The molecule has 0 saturated carbocycles. The predicted octanol–water partition coefficient (Wildman–Crippen LogP) is 10.3. The van der Waals surface area contributed by atoms with Gasteiger partial charge in [-0.05, 0) is 83.9 Å². The fourth-order valence-corrected chi connectivity index (χ4v) is 7.22. The highest BCUT2D eigenvalue weighted by atomic mass is 15.0. The molecule has 0 spiro atoms. The highest BCUT2D eigenvalue weighted by Gasteiger charge is 2.17. The summed E-state index contributed by atoms with van der Waals surface area (Å²) in [4.78, 5) is 5.16. The number of hydrogen-bond donors (Lipinski definition) is 0. The van der Waals surface area contributed by atoms with Crippen LogP contribution in [-0.2, 0) is 0 Å². The predicted molar refractivity (Wildman–Crippen MR) is 187 cm³/mol. The number of pyridine rings is 1. The molecule has 6 aromatic carbocycles. The molecular formula is C41H26N4. The van der Waals surface area contributed by atoms with Crippen molar-refractivity contribution >= 4 is 60.3 Å². The van der Waals surface area contributed by atoms with E-state index >= 15 is 0 Å². The molecule has 0 radical (unpaired) electrons. The van der Waals surface area contributed by atoms with Gasteiger partial charge in [-0.2, -0.15) is 0 Å². The third kappa shape index (κ3) is 3.51. The first-order valence-electron chi connectivity index (χ1n) is 15.3. The fraction of sp³-hybridized carbons (Fsp3) is 0. The van der Waals surface area contributed by atoms with Crippen molar-refractivity contribution in [3.63, 3.8) is 0 Å². The molecule has 4 aromatic heterocycles. The minimum atomic E-state index is 0.942. The van der Waals surface area contributed by atoms with E-state index in [0.717, 1.165) is 27.9 Å². The summed E-state index contributed by atoms with van der Waals surface area (Å²) in [6.45, 7) is 0. The van der Waals surface area contributed by atoms with E-state index < -0.39 is 0 Å². The third-order valence-corrected chi connectivity index (χ3v) is 9.23.